The molecule has 3 rings (SSSR count). The molecule has 2 aliphatic rings. The Morgan fingerprint density at radius 3 is 2.88 bits per heavy atom. The van der Waals surface area contributed by atoms with Crippen LogP contribution in [0.4, 0.5) is 5.13 Å². The minimum atomic E-state index is -1.18. The molecule has 1 fully saturated rings. The molecule has 2 amide bonds. The number of anilines is 1. The number of nitrogens with zero attached hydrogens (tertiary/aromatic N) is 4. The summed E-state index contributed by atoms with van der Waals surface area (Å²) in [6.07, 6.45) is 1.74. The van der Waals surface area contributed by atoms with Crippen LogP contribution in [-0.4, -0.2) is 94.1 Å². The van der Waals surface area contributed by atoms with Crippen molar-refractivity contribution >= 4 is 63.5 Å². The number of amides is 2. The van der Waals surface area contributed by atoms with E-state index in [1.807, 2.05) is 19.5 Å². The molecule has 178 valence electrons. The van der Waals surface area contributed by atoms with Gasteiger partial charge in [0, 0.05) is 23.4 Å². The van der Waals surface area contributed by atoms with Crippen molar-refractivity contribution in [1.29, 1.82) is 0 Å². The molecule has 0 aromatic carbocycles. The van der Waals surface area contributed by atoms with Crippen LogP contribution in [0.3, 0.4) is 0 Å². The lowest BCUT2D eigenvalue weighted by Gasteiger charge is -2.49. The summed E-state index contributed by atoms with van der Waals surface area (Å²) in [5, 5.41) is 19.2. The van der Waals surface area contributed by atoms with Crippen LogP contribution in [0.15, 0.2) is 33.3 Å². The molecule has 4 N–H and O–H groups in total. The molecule has 0 radical (unpaired) electrons. The van der Waals surface area contributed by atoms with Crippen LogP contribution in [0.1, 0.15) is 5.69 Å². The number of fused-ring (bicyclic) bond motifs is 1. The van der Waals surface area contributed by atoms with E-state index in [4.69, 9.17) is 10.6 Å². The first-order valence-corrected chi connectivity index (χ1v) is 12.7. The van der Waals surface area contributed by atoms with Crippen LogP contribution >= 0.6 is 34.9 Å². The molecule has 33 heavy (non-hydrogen) atoms. The van der Waals surface area contributed by atoms with Gasteiger partial charge in [-0.3, -0.25) is 14.5 Å². The molecule has 1 saturated heterocycles. The molecule has 1 aromatic heterocycles. The van der Waals surface area contributed by atoms with Crippen molar-refractivity contribution in [3.63, 3.8) is 0 Å². The van der Waals surface area contributed by atoms with E-state index in [2.05, 4.69) is 20.4 Å². The molecule has 11 nitrogen and oxygen atoms in total. The Bertz CT molecular complexity index is 1020. The van der Waals surface area contributed by atoms with Crippen molar-refractivity contribution in [3.8, 4) is 0 Å². The van der Waals surface area contributed by atoms with Crippen LogP contribution in [0.25, 0.3) is 0 Å². The average Bonchev–Trinajstić information content (AvgIpc) is 3.20. The quantitative estimate of drug-likeness (QED) is 0.176. The molecule has 14 heteroatoms. The Morgan fingerprint density at radius 2 is 2.27 bits per heavy atom. The summed E-state index contributed by atoms with van der Waals surface area (Å²) < 4.78 is 0. The number of nitrogen functional groups attached to an aromatic ring is 1. The first-order valence-electron chi connectivity index (χ1n) is 9.72. The predicted octanol–water partition coefficient (Wildman–Crippen LogP) is 0.623. The van der Waals surface area contributed by atoms with Gasteiger partial charge in [-0.05, 0) is 31.2 Å². The summed E-state index contributed by atoms with van der Waals surface area (Å²) in [6, 6.07) is -0.894. The van der Waals surface area contributed by atoms with Crippen LogP contribution < -0.4 is 11.1 Å². The number of hydrogen-bond acceptors (Lipinski definition) is 11. The number of hydrogen-bond donors (Lipinski definition) is 3. The number of nitrogens with two attached hydrogens (primary N) is 1. The van der Waals surface area contributed by atoms with Crippen molar-refractivity contribution in [2.24, 2.45) is 5.16 Å². The van der Waals surface area contributed by atoms with Gasteiger partial charge in [0.25, 0.3) is 11.8 Å². The summed E-state index contributed by atoms with van der Waals surface area (Å²) in [7, 11) is 5.25. The molecular formula is C19H24N6O5S3. The Hall–Kier alpha value is -2.55. The lowest BCUT2D eigenvalue weighted by atomic mass is 10.0. The molecule has 0 unspecified atom stereocenters. The number of oxime groups is 1. The number of aromatic nitrogens is 1. The number of thiazole rings is 1. The lowest BCUT2D eigenvalue weighted by molar-refractivity contribution is -0.150. The number of thioether (sulfide) groups is 2. The minimum Gasteiger partial charge on any atom is -0.477 e. The van der Waals surface area contributed by atoms with E-state index in [1.165, 1.54) is 23.8 Å². The fraction of sp³-hybridized carbons (Fsp3) is 0.421. The van der Waals surface area contributed by atoms with Gasteiger partial charge in [-0.2, -0.15) is 0 Å². The maximum Gasteiger partial charge on any atom is 0.352 e. The monoisotopic (exact) mass is 512 g/mol. The van der Waals surface area contributed by atoms with Crippen LogP contribution in [0.5, 0.6) is 0 Å². The van der Waals surface area contributed by atoms with Gasteiger partial charge in [0.1, 0.15) is 29.9 Å². The zero-order valence-electron chi connectivity index (χ0n) is 18.2. The molecule has 0 bridgehead atoms. The molecule has 3 heterocycles. The molecule has 0 aliphatic carbocycles. The molecule has 0 spiro atoms. The zero-order chi connectivity index (χ0) is 24.1. The maximum absolute atomic E-state index is 12.8. The van der Waals surface area contributed by atoms with E-state index < -0.39 is 29.2 Å². The molecule has 1 aromatic rings. The van der Waals surface area contributed by atoms with Gasteiger partial charge in [0.2, 0.25) is 0 Å². The van der Waals surface area contributed by atoms with E-state index >= 15 is 0 Å². The highest BCUT2D eigenvalue weighted by Crippen LogP contribution is 2.40. The second-order valence-electron chi connectivity index (χ2n) is 7.21. The number of allylic oxidation sites excluding steroid dienone is 1. The van der Waals surface area contributed by atoms with Crippen molar-refractivity contribution in [1.82, 2.24) is 20.1 Å². The van der Waals surface area contributed by atoms with Crippen molar-refractivity contribution in [3.05, 3.63) is 33.8 Å². The normalized spacial score (nSPS) is 20.8. The number of aliphatic carboxylic acids is 1. The molecule has 2 aliphatic heterocycles. The number of β-lactam (4-membered cyclic amide) rings is 1. The Balaban J connectivity index is 1.71. The fourth-order valence-electron chi connectivity index (χ4n) is 3.11. The third kappa shape index (κ3) is 5.69. The third-order valence-corrected chi connectivity index (χ3v) is 7.39. The predicted molar refractivity (Wildman–Crippen MR) is 130 cm³/mol. The van der Waals surface area contributed by atoms with Crippen LogP contribution in [0, 0.1) is 0 Å². The first kappa shape index (κ1) is 25.1. The summed E-state index contributed by atoms with van der Waals surface area (Å²) in [5.41, 5.74) is 6.23. The van der Waals surface area contributed by atoms with E-state index in [-0.39, 0.29) is 22.2 Å². The van der Waals surface area contributed by atoms with Gasteiger partial charge in [-0.15, -0.1) is 34.9 Å². The largest absolute Gasteiger partial charge is 0.477 e. The smallest absolute Gasteiger partial charge is 0.352 e. The standard InChI is InChI=1S/C19H24N6O5S3/c1-24(2)5-7-31-6-4-10-8-32-17-13(16(27)25(17)14(10)18(28)29)22-15(26)12(23-30-3)11-9-33-19(20)21-11/h4,6,9,13,17H,5,7-8H2,1-3H3,(H2,20,21)(H,22,26)(H,28,29)/b6-4+,23-12?/t13-,17-/m1/s1. The SMILES string of the molecule is CON=C(C(=O)N[C@@H]1C(=O)N2C(C(=O)O)=C(/C=C/SCCN(C)C)CS[C@H]12)c1csc(N)n1. The van der Waals surface area contributed by atoms with Gasteiger partial charge < -0.3 is 25.9 Å². The van der Waals surface area contributed by atoms with E-state index in [0.717, 1.165) is 23.6 Å². The highest BCUT2D eigenvalue weighted by atomic mass is 32.2. The van der Waals surface area contributed by atoms with Gasteiger partial charge in [-0.25, -0.2) is 9.78 Å². The minimum absolute atomic E-state index is 0.0586. The molecular weight excluding hydrogens is 488 g/mol. The Morgan fingerprint density at radius 1 is 1.52 bits per heavy atom. The summed E-state index contributed by atoms with van der Waals surface area (Å²) >= 11 is 4.09. The fourth-order valence-corrected chi connectivity index (χ4v) is 5.84. The van der Waals surface area contributed by atoms with Crippen molar-refractivity contribution in [2.75, 3.05) is 45.0 Å². The summed E-state index contributed by atoms with van der Waals surface area (Å²) in [5.74, 6) is -1.09. The lowest BCUT2D eigenvalue weighted by Crippen LogP contribution is -2.71. The molecule has 2 atom stereocenters. The number of rotatable bonds is 10. The second kappa shape index (κ2) is 11.0. The summed E-state index contributed by atoms with van der Waals surface area (Å²) in [4.78, 5) is 49.6. The van der Waals surface area contributed by atoms with Gasteiger partial charge in [0.15, 0.2) is 10.8 Å². The number of carbonyl (C=O) groups excluding carboxylic acids is 2. The van der Waals surface area contributed by atoms with Gasteiger partial charge >= 0.3 is 5.97 Å². The van der Waals surface area contributed by atoms with Crippen LogP contribution in [0.2, 0.25) is 0 Å². The van der Waals surface area contributed by atoms with Crippen molar-refractivity contribution < 1.29 is 24.3 Å². The zero-order valence-corrected chi connectivity index (χ0v) is 20.6. The van der Waals surface area contributed by atoms with E-state index in [0.29, 0.717) is 11.3 Å². The van der Waals surface area contributed by atoms with Crippen LogP contribution in [-0.2, 0) is 19.2 Å². The topological polar surface area (TPSA) is 150 Å². The first-order chi connectivity index (χ1) is 15.7. The maximum atomic E-state index is 12.8. The number of nitrogens with one attached hydrogen (secondary N) is 1. The second-order valence-corrected chi connectivity index (χ2v) is 10.2. The Labute approximate surface area is 203 Å². The number of carboxylic acid groups (broad SMARTS) is 1. The van der Waals surface area contributed by atoms with Gasteiger partial charge in [-0.1, -0.05) is 5.16 Å². The average molecular weight is 513 g/mol. The number of carboxylic acids is 1. The van der Waals surface area contributed by atoms with Gasteiger partial charge in [0.05, 0.1) is 0 Å². The Kier molecular flexibility index (Phi) is 8.40. The van der Waals surface area contributed by atoms with Crippen molar-refractivity contribution in [2.45, 2.75) is 11.4 Å². The summed E-state index contributed by atoms with van der Waals surface area (Å²) in [6.45, 7) is 0.893. The highest BCUT2D eigenvalue weighted by molar-refractivity contribution is 8.02. The third-order valence-electron chi connectivity index (χ3n) is 4.67. The molecule has 0 saturated carbocycles. The number of carbonyl (C=O) groups is 3. The van der Waals surface area contributed by atoms with E-state index in [9.17, 15) is 19.5 Å². The highest BCUT2D eigenvalue weighted by Gasteiger charge is 2.54. The van der Waals surface area contributed by atoms with E-state index in [1.54, 1.807) is 23.2 Å².